The second-order valence-corrected chi connectivity index (χ2v) is 14.7. The number of oxime groups is 1. The first-order valence-corrected chi connectivity index (χ1v) is 18.1. The summed E-state index contributed by atoms with van der Waals surface area (Å²) in [7, 11) is 0. The van der Waals surface area contributed by atoms with Gasteiger partial charge in [0.05, 0.1) is 43.2 Å². The summed E-state index contributed by atoms with van der Waals surface area (Å²) in [6.07, 6.45) is -2.93. The number of aliphatic carboxylic acids is 3. The van der Waals surface area contributed by atoms with Crippen molar-refractivity contribution >= 4 is 81.2 Å². The molecule has 2 aromatic rings. The number of thiazole rings is 1. The number of thioether (sulfide) groups is 1. The number of nitrogen functional groups attached to an aromatic ring is 1. The Morgan fingerprint density at radius 1 is 1.15 bits per heavy atom. The molecule has 1 aromatic carbocycles. The monoisotopic (exact) mass is 798 g/mol. The van der Waals surface area contributed by atoms with Gasteiger partial charge in [0.25, 0.3) is 17.7 Å². The van der Waals surface area contributed by atoms with Crippen LogP contribution in [0.3, 0.4) is 0 Å². The fraction of sp³-hybridized carbons (Fsp3) is 0.419. The summed E-state index contributed by atoms with van der Waals surface area (Å²) in [5.41, 5.74) is 5.14. The van der Waals surface area contributed by atoms with Gasteiger partial charge in [0.15, 0.2) is 22.3 Å². The lowest BCUT2D eigenvalue weighted by molar-refractivity contribution is -0.919. The number of hydrogen-bond donors (Lipinski definition) is 8. The molecule has 2 aliphatic rings. The minimum absolute atomic E-state index is 0.0187. The molecule has 9 N–H and O–H groups in total. The van der Waals surface area contributed by atoms with Gasteiger partial charge < -0.3 is 51.2 Å². The molecule has 0 radical (unpaired) electrons. The van der Waals surface area contributed by atoms with Crippen molar-refractivity contribution in [2.45, 2.75) is 50.0 Å². The average Bonchev–Trinajstić information content (AvgIpc) is 3.54. The van der Waals surface area contributed by atoms with Crippen LogP contribution in [-0.2, 0) is 28.8 Å². The number of hydrogen-bond acceptors (Lipinski definition) is 14. The Bertz CT molecular complexity index is 1880. The molecule has 4 rings (SSSR count). The molecule has 53 heavy (non-hydrogen) atoms. The standard InChI is InChI=1S/C31H36ClN7O12S2/c1-4-39(5-2,9-8-34-25(44)14-6-7-17(40)24(43)20(14)32)11-15-13(3)53-28-22(27(46)38(28)23(15)30(49)50)36-26(45)21(16-12-52-31(33)35-16)37-51-18(29(47)48)10-19(41)42/h6-7,12-13,18,22,28H,4-5,8-11H2,1-3H3,(H8-,33,34,35,36,37,40,41,42,43,44,45,47,48,49,50)/p+1/t13-,18-,22+,28+/m0/s1. The Balaban J connectivity index is 1.53. The van der Waals surface area contributed by atoms with E-state index in [1.807, 2.05) is 13.8 Å². The van der Waals surface area contributed by atoms with Crippen LogP contribution in [0, 0.1) is 0 Å². The first-order valence-electron chi connectivity index (χ1n) is 15.9. The summed E-state index contributed by atoms with van der Waals surface area (Å²) in [5, 5.41) is 56.8. The maximum Gasteiger partial charge on any atom is 0.352 e. The molecule has 0 unspecified atom stereocenters. The molecule has 3 amide bonds. The van der Waals surface area contributed by atoms with E-state index in [0.717, 1.165) is 22.3 Å². The number of fused-ring (bicyclic) bond motifs is 1. The fourth-order valence-electron chi connectivity index (χ4n) is 5.75. The normalized spacial score (nSPS) is 19.2. The first-order chi connectivity index (χ1) is 24.9. The molecule has 0 aliphatic carbocycles. The number of phenols is 2. The fourth-order valence-corrected chi connectivity index (χ4v) is 7.98. The number of nitrogens with two attached hydrogens (primary N) is 1. The summed E-state index contributed by atoms with van der Waals surface area (Å²) >= 11 is 8.19. The van der Waals surface area contributed by atoms with Gasteiger partial charge in [-0.15, -0.1) is 23.1 Å². The van der Waals surface area contributed by atoms with E-state index in [-0.39, 0.29) is 40.2 Å². The highest BCUT2D eigenvalue weighted by Gasteiger charge is 2.56. The van der Waals surface area contributed by atoms with E-state index >= 15 is 0 Å². The molecule has 22 heteroatoms. The molecule has 3 heterocycles. The van der Waals surface area contributed by atoms with Crippen molar-refractivity contribution < 1.29 is 63.6 Å². The van der Waals surface area contributed by atoms with Crippen LogP contribution in [0.5, 0.6) is 11.5 Å². The van der Waals surface area contributed by atoms with E-state index in [9.17, 15) is 49.2 Å². The molecule has 1 aromatic heterocycles. The van der Waals surface area contributed by atoms with Crippen molar-refractivity contribution in [3.05, 3.63) is 45.1 Å². The van der Waals surface area contributed by atoms with Crippen LogP contribution in [0.1, 0.15) is 43.2 Å². The Labute approximate surface area is 314 Å². The van der Waals surface area contributed by atoms with Crippen LogP contribution in [0.4, 0.5) is 5.13 Å². The minimum atomic E-state index is -1.95. The van der Waals surface area contributed by atoms with Crippen molar-refractivity contribution in [1.29, 1.82) is 0 Å². The third kappa shape index (κ3) is 8.75. The molecule has 4 atom stereocenters. The number of nitrogens with one attached hydrogen (secondary N) is 2. The van der Waals surface area contributed by atoms with Gasteiger partial charge in [-0.25, -0.2) is 14.6 Å². The predicted octanol–water partition coefficient (Wildman–Crippen LogP) is 0.852. The minimum Gasteiger partial charge on any atom is -0.504 e. The van der Waals surface area contributed by atoms with Gasteiger partial charge in [0.2, 0.25) is 6.10 Å². The van der Waals surface area contributed by atoms with E-state index in [1.165, 1.54) is 23.2 Å². The molecular formula is C31H37ClN7O12S2+. The maximum atomic E-state index is 13.6. The van der Waals surface area contributed by atoms with Crippen LogP contribution in [0.25, 0.3) is 0 Å². The largest absolute Gasteiger partial charge is 0.504 e. The third-order valence-corrected chi connectivity index (χ3v) is 11.4. The molecule has 0 spiro atoms. The van der Waals surface area contributed by atoms with Crippen molar-refractivity contribution in [2.24, 2.45) is 5.16 Å². The van der Waals surface area contributed by atoms with Crippen LogP contribution < -0.4 is 16.4 Å². The zero-order valence-electron chi connectivity index (χ0n) is 28.4. The summed E-state index contributed by atoms with van der Waals surface area (Å²) in [6, 6.07) is 1.17. The van der Waals surface area contributed by atoms with Crippen LogP contribution in [0.2, 0.25) is 5.02 Å². The highest BCUT2D eigenvalue weighted by molar-refractivity contribution is 8.00. The SMILES string of the molecule is CC[N+](CC)(CCNC(=O)c1ccc(O)c(O)c1Cl)CC1=C(C(=O)O)N2C(=O)[C@@H](NC(=O)/C(=N\O[C@@H](CC(=O)O)C(=O)O)c3csc(N)n3)[C@H]2S[C@H]1C. The van der Waals surface area contributed by atoms with Gasteiger partial charge in [0.1, 0.15) is 29.4 Å². The van der Waals surface area contributed by atoms with Crippen LogP contribution in [-0.4, -0.2) is 137 Å². The number of phenolic OH excluding ortho intramolecular Hbond substituents is 2. The number of carbonyl (C=O) groups is 6. The summed E-state index contributed by atoms with van der Waals surface area (Å²) in [6.45, 7) is 7.33. The molecule has 0 saturated carbocycles. The van der Waals surface area contributed by atoms with Gasteiger partial charge in [-0.05, 0) is 32.9 Å². The number of aromatic nitrogens is 1. The average molecular weight is 799 g/mol. The Kier molecular flexibility index (Phi) is 12.8. The number of amides is 3. The Hall–Kier alpha value is -5.12. The quantitative estimate of drug-likeness (QED) is 0.0362. The van der Waals surface area contributed by atoms with Crippen LogP contribution >= 0.6 is 34.7 Å². The summed E-state index contributed by atoms with van der Waals surface area (Å²) in [5.74, 6) is -7.99. The number of nitrogens with zero attached hydrogens (tertiary/aromatic N) is 4. The lowest BCUT2D eigenvalue weighted by Gasteiger charge is -2.51. The molecule has 2 aliphatic heterocycles. The first kappa shape index (κ1) is 40.6. The lowest BCUT2D eigenvalue weighted by Crippen LogP contribution is -2.72. The zero-order valence-corrected chi connectivity index (χ0v) is 30.8. The number of carbonyl (C=O) groups excluding carboxylic acids is 3. The molecule has 1 saturated heterocycles. The van der Waals surface area contributed by atoms with Gasteiger partial charge >= 0.3 is 17.9 Å². The predicted molar refractivity (Wildman–Crippen MR) is 190 cm³/mol. The van der Waals surface area contributed by atoms with Crippen LogP contribution in [0.15, 0.2) is 33.9 Å². The van der Waals surface area contributed by atoms with Crippen molar-refractivity contribution in [2.75, 3.05) is 38.5 Å². The van der Waals surface area contributed by atoms with Crippen molar-refractivity contribution in [3.63, 3.8) is 0 Å². The highest BCUT2D eigenvalue weighted by atomic mass is 35.5. The second kappa shape index (κ2) is 16.7. The Morgan fingerprint density at radius 3 is 2.40 bits per heavy atom. The van der Waals surface area contributed by atoms with Crippen molar-refractivity contribution in [1.82, 2.24) is 20.5 Å². The number of quaternary nitrogens is 1. The topological polar surface area (TPSA) is 291 Å². The summed E-state index contributed by atoms with van der Waals surface area (Å²) < 4.78 is 0.314. The number of carboxylic acids is 3. The van der Waals surface area contributed by atoms with E-state index in [4.69, 9.17) is 27.3 Å². The lowest BCUT2D eigenvalue weighted by atomic mass is 9.99. The number of rotatable bonds is 17. The number of aromatic hydroxyl groups is 2. The number of anilines is 1. The van der Waals surface area contributed by atoms with Gasteiger partial charge in [-0.1, -0.05) is 16.8 Å². The number of β-lactam (4-membered cyclic amide) rings is 1. The van der Waals surface area contributed by atoms with E-state index in [1.54, 1.807) is 6.92 Å². The van der Waals surface area contributed by atoms with Gasteiger partial charge in [-0.3, -0.25) is 24.1 Å². The number of benzene rings is 1. The smallest absolute Gasteiger partial charge is 0.352 e. The number of carboxylic acid groups (broad SMARTS) is 3. The molecule has 19 nitrogen and oxygen atoms in total. The van der Waals surface area contributed by atoms with Gasteiger partial charge in [0, 0.05) is 16.2 Å². The third-order valence-electron chi connectivity index (χ3n) is 8.86. The molecule has 286 valence electrons. The van der Waals surface area contributed by atoms with Gasteiger partial charge in [-0.2, -0.15) is 0 Å². The zero-order chi connectivity index (χ0) is 39.4. The maximum absolute atomic E-state index is 13.6. The number of likely N-dealkylation sites (N-methyl/N-ethyl adjacent to an activating group) is 1. The van der Waals surface area contributed by atoms with E-state index in [2.05, 4.69) is 20.8 Å². The molecule has 1 fully saturated rings. The van der Waals surface area contributed by atoms with E-state index in [0.29, 0.717) is 29.7 Å². The van der Waals surface area contributed by atoms with E-state index < -0.39 is 82.0 Å². The molecule has 0 bridgehead atoms. The highest BCUT2D eigenvalue weighted by Crippen LogP contribution is 2.45. The molecular weight excluding hydrogens is 762 g/mol. The number of halogens is 1. The van der Waals surface area contributed by atoms with Crippen molar-refractivity contribution in [3.8, 4) is 11.5 Å². The Morgan fingerprint density at radius 2 is 1.83 bits per heavy atom. The summed E-state index contributed by atoms with van der Waals surface area (Å²) in [4.78, 5) is 85.1. The second-order valence-electron chi connectivity index (χ2n) is 12.0.